The van der Waals surface area contributed by atoms with Crippen molar-refractivity contribution >= 4 is 54.1 Å². The SMILES string of the molecule is [2H]c1c([2H])c([2H])c(-c2cccc3c(-c4c5c([2H])c([2H])c([2H])c([2H])c5c(-c5c([2H])c([2H])c([2H])c([2H])c5[2H])c5c([2H])c([2H])c([2H])c([2H])c45)c(-c4c([2H])c([2H])c5c([2H])c([2H])c6c([2H])c([2H])c([2H])c([2H])c6c5c4[2H])oc23)c([2H])c1[2H]. The molecule has 1 aromatic heterocycles. The van der Waals surface area contributed by atoms with Crippen LogP contribution in [0.4, 0.5) is 0 Å². The van der Waals surface area contributed by atoms with Gasteiger partial charge in [0, 0.05) is 27.6 Å². The standard InChI is InChI=1S/C48H30O/c1-3-14-31(15-4-1)37-24-13-25-42-46(47(49-48(37)42)35-29-28-33-27-26-32-16-7-8-19-36(32)43(33)30-35)45-40-22-11-9-20-38(40)44(34-17-5-2-6-18-34)39-21-10-12-23-41(39)45/h1-30H/i1D,2D,3D,4D,5D,6D,7D,8D,9D,10D,11D,12D,14D,15D,16D,17D,18D,19D,20D,21D,22D,23D,26D,27D,28D,29D,30D. The summed E-state index contributed by atoms with van der Waals surface area (Å²) < 4.78 is 250. The monoisotopic (exact) mass is 649 g/mol. The Kier molecular flexibility index (Phi) is 2.69. The van der Waals surface area contributed by atoms with Gasteiger partial charge in [0.15, 0.2) is 0 Å². The van der Waals surface area contributed by atoms with E-state index in [4.69, 9.17) is 31.8 Å². The molecule has 0 aliphatic carbocycles. The van der Waals surface area contributed by atoms with Gasteiger partial charge in [0.1, 0.15) is 11.3 Å². The highest BCUT2D eigenvalue weighted by atomic mass is 16.3. The van der Waals surface area contributed by atoms with Gasteiger partial charge in [-0.1, -0.05) is 175 Å². The van der Waals surface area contributed by atoms with Gasteiger partial charge in [-0.3, -0.25) is 0 Å². The van der Waals surface area contributed by atoms with Crippen LogP contribution in [0.5, 0.6) is 0 Å². The van der Waals surface area contributed by atoms with Gasteiger partial charge in [0.2, 0.25) is 0 Å². The van der Waals surface area contributed by atoms with Gasteiger partial charge in [-0.25, -0.2) is 0 Å². The van der Waals surface area contributed by atoms with Crippen LogP contribution in [0.3, 0.4) is 0 Å². The van der Waals surface area contributed by atoms with Gasteiger partial charge < -0.3 is 4.42 Å². The minimum Gasteiger partial charge on any atom is -0.455 e. The average Bonchev–Trinajstić information content (AvgIpc) is 3.92. The Bertz CT molecular complexity index is 4290. The quantitative estimate of drug-likeness (QED) is 0.137. The normalized spacial score (nSPS) is 19.4. The van der Waals surface area contributed by atoms with E-state index >= 15 is 0 Å². The van der Waals surface area contributed by atoms with Crippen molar-refractivity contribution in [3.8, 4) is 44.7 Å². The minimum atomic E-state index is -0.962. The first kappa shape index (κ1) is 11.9. The Hall–Kier alpha value is -6.44. The second-order valence-corrected chi connectivity index (χ2v) is 10.7. The Morgan fingerprint density at radius 3 is 1.57 bits per heavy atom. The van der Waals surface area contributed by atoms with E-state index in [2.05, 4.69) is 0 Å². The highest BCUT2D eigenvalue weighted by Gasteiger charge is 2.25. The molecule has 228 valence electrons. The molecule has 0 aliphatic heterocycles. The molecule has 0 unspecified atom stereocenters. The van der Waals surface area contributed by atoms with E-state index in [1.807, 2.05) is 0 Å². The van der Waals surface area contributed by atoms with Crippen LogP contribution < -0.4 is 0 Å². The smallest absolute Gasteiger partial charge is 0.143 e. The zero-order chi connectivity index (χ0) is 55.8. The lowest BCUT2D eigenvalue weighted by molar-refractivity contribution is 0.633. The molecule has 9 aromatic carbocycles. The minimum absolute atomic E-state index is 0.253. The maximum Gasteiger partial charge on any atom is 0.143 e. The van der Waals surface area contributed by atoms with Gasteiger partial charge >= 0.3 is 0 Å². The Morgan fingerprint density at radius 1 is 0.367 bits per heavy atom. The first-order valence-corrected chi connectivity index (χ1v) is 14.7. The molecule has 10 aromatic rings. The van der Waals surface area contributed by atoms with E-state index in [1.165, 1.54) is 18.2 Å². The molecular formula is C48H30O. The molecular weight excluding hydrogens is 593 g/mol. The molecule has 1 nitrogen and oxygen atoms in total. The molecule has 0 radical (unpaired) electrons. The summed E-state index contributed by atoms with van der Waals surface area (Å²) in [6.45, 7) is 0. The molecule has 10 rings (SSSR count). The fourth-order valence-corrected chi connectivity index (χ4v) is 6.14. The Balaban J connectivity index is 1.58. The predicted octanol–water partition coefficient (Wildman–Crippen LogP) is 13.7. The van der Waals surface area contributed by atoms with Crippen LogP contribution in [0, 0.1) is 0 Å². The van der Waals surface area contributed by atoms with Gasteiger partial charge in [0.25, 0.3) is 0 Å². The van der Waals surface area contributed by atoms with Crippen molar-refractivity contribution in [2.75, 3.05) is 0 Å². The van der Waals surface area contributed by atoms with E-state index in [9.17, 15) is 9.60 Å². The van der Waals surface area contributed by atoms with Crippen LogP contribution in [0.25, 0.3) is 98.8 Å². The van der Waals surface area contributed by atoms with Crippen molar-refractivity contribution in [1.82, 2.24) is 0 Å². The Labute approximate surface area is 322 Å². The summed E-state index contributed by atoms with van der Waals surface area (Å²) in [5, 5.41) is -5.11. The second-order valence-electron chi connectivity index (χ2n) is 10.7. The maximum absolute atomic E-state index is 9.98. The van der Waals surface area contributed by atoms with Crippen LogP contribution in [-0.2, 0) is 0 Å². The molecule has 0 fully saturated rings. The number of para-hydroxylation sites is 1. The van der Waals surface area contributed by atoms with Crippen LogP contribution in [0.2, 0.25) is 0 Å². The molecule has 0 saturated carbocycles. The maximum atomic E-state index is 9.98. The van der Waals surface area contributed by atoms with E-state index in [0.29, 0.717) is 0 Å². The van der Waals surface area contributed by atoms with E-state index in [0.717, 1.165) is 0 Å². The topological polar surface area (TPSA) is 13.1 Å². The molecule has 1 heterocycles. The van der Waals surface area contributed by atoms with E-state index in [-0.39, 0.29) is 10.9 Å². The molecule has 0 bridgehead atoms. The molecule has 0 atom stereocenters. The summed E-state index contributed by atoms with van der Waals surface area (Å²) in [5.41, 5.74) is -4.43. The van der Waals surface area contributed by atoms with Crippen molar-refractivity contribution in [3.05, 3.63) is 181 Å². The van der Waals surface area contributed by atoms with Crippen LogP contribution in [-0.4, -0.2) is 0 Å². The lowest BCUT2D eigenvalue weighted by Crippen LogP contribution is -1.91. The largest absolute Gasteiger partial charge is 0.455 e. The molecule has 0 N–H and O–H groups in total. The lowest BCUT2D eigenvalue weighted by atomic mass is 9.84. The average molecular weight is 650 g/mol. The van der Waals surface area contributed by atoms with Crippen LogP contribution >= 0.6 is 0 Å². The zero-order valence-electron chi connectivity index (χ0n) is 51.6. The zero-order valence-corrected chi connectivity index (χ0v) is 24.6. The summed E-state index contributed by atoms with van der Waals surface area (Å²) in [7, 11) is 0. The van der Waals surface area contributed by atoms with Crippen molar-refractivity contribution in [3.63, 3.8) is 0 Å². The second kappa shape index (κ2) is 11.1. The van der Waals surface area contributed by atoms with Crippen molar-refractivity contribution in [2.45, 2.75) is 0 Å². The third-order valence-electron chi connectivity index (χ3n) is 8.15. The summed E-state index contributed by atoms with van der Waals surface area (Å²) in [6.07, 6.45) is 0. The molecule has 0 spiro atoms. The number of benzene rings is 9. The molecule has 0 aliphatic rings. The van der Waals surface area contributed by atoms with E-state index in [1.54, 1.807) is 0 Å². The molecule has 0 saturated heterocycles. The molecule has 0 amide bonds. The highest BCUT2D eigenvalue weighted by Crippen LogP contribution is 2.51. The van der Waals surface area contributed by atoms with Crippen molar-refractivity contribution in [2.24, 2.45) is 0 Å². The first-order chi connectivity index (χ1) is 35.6. The number of furan rings is 1. The van der Waals surface area contributed by atoms with E-state index < -0.39 is 251 Å². The summed E-state index contributed by atoms with van der Waals surface area (Å²) in [5.74, 6) is -0.742. The van der Waals surface area contributed by atoms with Crippen molar-refractivity contribution in [1.29, 1.82) is 0 Å². The van der Waals surface area contributed by atoms with Crippen molar-refractivity contribution < 1.29 is 41.4 Å². The number of fused-ring (bicyclic) bond motifs is 6. The van der Waals surface area contributed by atoms with Crippen LogP contribution in [0.15, 0.2) is 186 Å². The summed E-state index contributed by atoms with van der Waals surface area (Å²) >= 11 is 0. The number of hydrogen-bond donors (Lipinski definition) is 0. The Morgan fingerprint density at radius 2 is 0.898 bits per heavy atom. The van der Waals surface area contributed by atoms with Crippen LogP contribution in [0.1, 0.15) is 37.0 Å². The third-order valence-corrected chi connectivity index (χ3v) is 8.15. The van der Waals surface area contributed by atoms with Gasteiger partial charge in [-0.2, -0.15) is 0 Å². The predicted molar refractivity (Wildman–Crippen MR) is 208 cm³/mol. The van der Waals surface area contributed by atoms with Gasteiger partial charge in [0.05, 0.1) is 37.0 Å². The fourth-order valence-electron chi connectivity index (χ4n) is 6.14. The van der Waals surface area contributed by atoms with Gasteiger partial charge in [-0.05, 0) is 65.8 Å². The first-order valence-electron chi connectivity index (χ1n) is 28.2. The summed E-state index contributed by atoms with van der Waals surface area (Å²) in [4.78, 5) is 0. The molecule has 1 heteroatoms. The highest BCUT2D eigenvalue weighted by molar-refractivity contribution is 6.25. The third kappa shape index (κ3) is 4.33. The lowest BCUT2D eigenvalue weighted by Gasteiger charge is -2.18. The fraction of sp³-hybridized carbons (Fsp3) is 0. The summed E-state index contributed by atoms with van der Waals surface area (Å²) in [6, 6.07) is -19.8. The van der Waals surface area contributed by atoms with Gasteiger partial charge in [-0.15, -0.1) is 0 Å². The number of hydrogen-bond acceptors (Lipinski definition) is 1. The molecule has 49 heavy (non-hydrogen) atoms. The number of rotatable bonds is 4.